The Balaban J connectivity index is 2.12. The monoisotopic (exact) mass is 385 g/mol. The standard InChI is InChI=1S/C18H16BrN3O2/c1-12-3-8-16(9-17(12)19)22(13(2)23)11-18(24)21-15-6-4-14(10-20)5-7-15/h3-9H,11H2,1-2H3,(H,21,24). The van der Waals surface area contributed by atoms with E-state index in [1.165, 1.54) is 11.8 Å². The second-order valence-electron chi connectivity index (χ2n) is 5.28. The van der Waals surface area contributed by atoms with E-state index in [0.29, 0.717) is 16.9 Å². The number of carbonyl (C=O) groups is 2. The van der Waals surface area contributed by atoms with Crippen LogP contribution in [0, 0.1) is 18.3 Å². The van der Waals surface area contributed by atoms with Crippen molar-refractivity contribution in [1.82, 2.24) is 0 Å². The van der Waals surface area contributed by atoms with Gasteiger partial charge in [0, 0.05) is 22.8 Å². The molecule has 2 rings (SSSR count). The second-order valence-corrected chi connectivity index (χ2v) is 6.13. The zero-order valence-corrected chi connectivity index (χ0v) is 14.9. The number of rotatable bonds is 4. The Morgan fingerprint density at radius 3 is 2.42 bits per heavy atom. The van der Waals surface area contributed by atoms with E-state index in [4.69, 9.17) is 5.26 Å². The first-order valence-corrected chi connectivity index (χ1v) is 8.04. The predicted octanol–water partition coefficient (Wildman–Crippen LogP) is 3.62. The minimum atomic E-state index is -0.313. The van der Waals surface area contributed by atoms with Gasteiger partial charge in [-0.3, -0.25) is 9.59 Å². The lowest BCUT2D eigenvalue weighted by atomic mass is 10.2. The predicted molar refractivity (Wildman–Crippen MR) is 96.7 cm³/mol. The normalized spacial score (nSPS) is 9.92. The van der Waals surface area contributed by atoms with Crippen molar-refractivity contribution in [3.05, 3.63) is 58.1 Å². The maximum absolute atomic E-state index is 12.2. The molecule has 0 unspecified atom stereocenters. The van der Waals surface area contributed by atoms with Crippen LogP contribution in [0.15, 0.2) is 46.9 Å². The van der Waals surface area contributed by atoms with Gasteiger partial charge < -0.3 is 10.2 Å². The van der Waals surface area contributed by atoms with E-state index in [-0.39, 0.29) is 18.4 Å². The van der Waals surface area contributed by atoms with E-state index in [1.54, 1.807) is 30.3 Å². The van der Waals surface area contributed by atoms with Crippen LogP contribution in [0.4, 0.5) is 11.4 Å². The quantitative estimate of drug-likeness (QED) is 0.872. The van der Waals surface area contributed by atoms with Gasteiger partial charge in [-0.25, -0.2) is 0 Å². The summed E-state index contributed by atoms with van der Waals surface area (Å²) >= 11 is 3.43. The van der Waals surface area contributed by atoms with Crippen LogP contribution in [0.3, 0.4) is 0 Å². The average Bonchev–Trinajstić information content (AvgIpc) is 2.56. The number of nitrogens with one attached hydrogen (secondary N) is 1. The highest BCUT2D eigenvalue weighted by molar-refractivity contribution is 9.10. The number of halogens is 1. The van der Waals surface area contributed by atoms with Gasteiger partial charge in [-0.2, -0.15) is 5.26 Å². The summed E-state index contributed by atoms with van der Waals surface area (Å²) in [5.41, 5.74) is 2.79. The molecular weight excluding hydrogens is 370 g/mol. The van der Waals surface area contributed by atoms with Crippen LogP contribution in [-0.2, 0) is 9.59 Å². The number of aryl methyl sites for hydroxylation is 1. The van der Waals surface area contributed by atoms with E-state index in [2.05, 4.69) is 21.2 Å². The molecule has 0 radical (unpaired) electrons. The molecule has 0 aliphatic rings. The molecule has 0 aromatic heterocycles. The Bertz CT molecular complexity index is 810. The fourth-order valence-electron chi connectivity index (χ4n) is 2.11. The van der Waals surface area contributed by atoms with Gasteiger partial charge in [-0.1, -0.05) is 22.0 Å². The highest BCUT2D eigenvalue weighted by Crippen LogP contribution is 2.24. The Kier molecular flexibility index (Phi) is 5.72. The molecule has 6 heteroatoms. The van der Waals surface area contributed by atoms with Crippen molar-refractivity contribution in [3.63, 3.8) is 0 Å². The van der Waals surface area contributed by atoms with Crippen molar-refractivity contribution in [2.45, 2.75) is 13.8 Å². The molecule has 24 heavy (non-hydrogen) atoms. The Labute approximate surface area is 149 Å². The molecule has 0 saturated heterocycles. The van der Waals surface area contributed by atoms with E-state index in [1.807, 2.05) is 25.1 Å². The minimum Gasteiger partial charge on any atom is -0.325 e. The van der Waals surface area contributed by atoms with Crippen LogP contribution in [0.1, 0.15) is 18.1 Å². The van der Waals surface area contributed by atoms with Gasteiger partial charge in [0.15, 0.2) is 0 Å². The van der Waals surface area contributed by atoms with Gasteiger partial charge in [0.2, 0.25) is 11.8 Å². The molecule has 0 fully saturated rings. The lowest BCUT2D eigenvalue weighted by molar-refractivity contribution is -0.120. The topological polar surface area (TPSA) is 73.2 Å². The fourth-order valence-corrected chi connectivity index (χ4v) is 2.47. The highest BCUT2D eigenvalue weighted by atomic mass is 79.9. The number of nitriles is 1. The SMILES string of the molecule is CC(=O)N(CC(=O)Nc1ccc(C#N)cc1)c1ccc(C)c(Br)c1. The summed E-state index contributed by atoms with van der Waals surface area (Å²) in [5, 5.41) is 11.5. The minimum absolute atomic E-state index is 0.0924. The third-order valence-electron chi connectivity index (χ3n) is 3.45. The second kappa shape index (κ2) is 7.75. The Morgan fingerprint density at radius 1 is 1.21 bits per heavy atom. The van der Waals surface area contributed by atoms with Gasteiger partial charge in [-0.15, -0.1) is 0 Å². The maximum Gasteiger partial charge on any atom is 0.244 e. The van der Waals surface area contributed by atoms with Crippen LogP contribution in [-0.4, -0.2) is 18.4 Å². The smallest absolute Gasteiger partial charge is 0.244 e. The number of carbonyl (C=O) groups excluding carboxylic acids is 2. The lowest BCUT2D eigenvalue weighted by Gasteiger charge is -2.21. The summed E-state index contributed by atoms with van der Waals surface area (Å²) in [6.07, 6.45) is 0. The molecule has 2 aromatic rings. The van der Waals surface area contributed by atoms with Gasteiger partial charge in [-0.05, 0) is 48.9 Å². The van der Waals surface area contributed by atoms with Crippen molar-refractivity contribution in [3.8, 4) is 6.07 Å². The summed E-state index contributed by atoms with van der Waals surface area (Å²) in [5.74, 6) is -0.535. The van der Waals surface area contributed by atoms with Gasteiger partial charge >= 0.3 is 0 Å². The summed E-state index contributed by atoms with van der Waals surface area (Å²) in [6.45, 7) is 3.27. The summed E-state index contributed by atoms with van der Waals surface area (Å²) in [4.78, 5) is 25.5. The third kappa shape index (κ3) is 4.43. The molecule has 5 nitrogen and oxygen atoms in total. The van der Waals surface area contributed by atoms with Gasteiger partial charge in [0.05, 0.1) is 11.6 Å². The lowest BCUT2D eigenvalue weighted by Crippen LogP contribution is -2.36. The first-order chi connectivity index (χ1) is 11.4. The first-order valence-electron chi connectivity index (χ1n) is 7.25. The Morgan fingerprint density at radius 2 is 1.88 bits per heavy atom. The summed E-state index contributed by atoms with van der Waals surface area (Å²) < 4.78 is 0.874. The molecule has 2 amide bonds. The van der Waals surface area contributed by atoms with Crippen molar-refractivity contribution in [2.24, 2.45) is 0 Å². The molecule has 0 spiro atoms. The zero-order valence-electron chi connectivity index (χ0n) is 13.3. The number of anilines is 2. The molecule has 2 aromatic carbocycles. The molecule has 0 bridgehead atoms. The average molecular weight is 386 g/mol. The van der Waals surface area contributed by atoms with E-state index >= 15 is 0 Å². The largest absolute Gasteiger partial charge is 0.325 e. The number of hydrogen-bond donors (Lipinski definition) is 1. The summed E-state index contributed by atoms with van der Waals surface area (Å²) in [7, 11) is 0. The van der Waals surface area contributed by atoms with E-state index < -0.39 is 0 Å². The maximum atomic E-state index is 12.2. The van der Waals surface area contributed by atoms with Crippen molar-refractivity contribution >= 4 is 39.1 Å². The fraction of sp³-hybridized carbons (Fsp3) is 0.167. The number of benzene rings is 2. The number of amides is 2. The number of nitrogens with zero attached hydrogens (tertiary/aromatic N) is 2. The third-order valence-corrected chi connectivity index (χ3v) is 4.30. The van der Waals surface area contributed by atoms with Crippen LogP contribution in [0.2, 0.25) is 0 Å². The molecule has 0 aliphatic carbocycles. The molecule has 1 N–H and O–H groups in total. The van der Waals surface area contributed by atoms with Gasteiger partial charge in [0.25, 0.3) is 0 Å². The zero-order chi connectivity index (χ0) is 17.7. The van der Waals surface area contributed by atoms with Crippen LogP contribution in [0.5, 0.6) is 0 Å². The van der Waals surface area contributed by atoms with Gasteiger partial charge in [0.1, 0.15) is 6.54 Å². The van der Waals surface area contributed by atoms with Crippen molar-refractivity contribution in [2.75, 3.05) is 16.8 Å². The molecule has 0 heterocycles. The van der Waals surface area contributed by atoms with E-state index in [9.17, 15) is 9.59 Å². The molecular formula is C18H16BrN3O2. The van der Waals surface area contributed by atoms with Crippen LogP contribution >= 0.6 is 15.9 Å². The van der Waals surface area contributed by atoms with Crippen LogP contribution < -0.4 is 10.2 Å². The highest BCUT2D eigenvalue weighted by Gasteiger charge is 2.16. The summed E-state index contributed by atoms with van der Waals surface area (Å²) in [6, 6.07) is 14.1. The Hall–Kier alpha value is -2.65. The number of hydrogen-bond acceptors (Lipinski definition) is 3. The molecule has 0 atom stereocenters. The first kappa shape index (κ1) is 17.7. The van der Waals surface area contributed by atoms with Crippen molar-refractivity contribution < 1.29 is 9.59 Å². The molecule has 0 saturated carbocycles. The van der Waals surface area contributed by atoms with Crippen LogP contribution in [0.25, 0.3) is 0 Å². The molecule has 122 valence electrons. The molecule has 0 aliphatic heterocycles. The van der Waals surface area contributed by atoms with Crippen molar-refractivity contribution in [1.29, 1.82) is 5.26 Å². The van der Waals surface area contributed by atoms with E-state index in [0.717, 1.165) is 10.0 Å².